The zero-order valence-electron chi connectivity index (χ0n) is 11.7. The summed E-state index contributed by atoms with van der Waals surface area (Å²) in [5.74, 6) is 0. The average molecular weight is 290 g/mol. The Hall–Kier alpha value is -1.72. The average Bonchev–Trinajstić information content (AvgIpc) is 2.49. The van der Waals surface area contributed by atoms with Gasteiger partial charge < -0.3 is 0 Å². The highest BCUT2D eigenvalue weighted by Gasteiger charge is 2.21. The van der Waals surface area contributed by atoms with Crippen LogP contribution < -0.4 is 0 Å². The highest BCUT2D eigenvalue weighted by Crippen LogP contribution is 2.22. The van der Waals surface area contributed by atoms with Crippen molar-refractivity contribution in [3.63, 3.8) is 0 Å². The monoisotopic (exact) mass is 290 g/mol. The number of benzene rings is 1. The van der Waals surface area contributed by atoms with Gasteiger partial charge in [-0.05, 0) is 35.4 Å². The lowest BCUT2D eigenvalue weighted by atomic mass is 10.1. The molecule has 1 aromatic carbocycles. The topological polar surface area (TPSA) is 50.3 Å². The third-order valence-corrected chi connectivity index (χ3v) is 5.28. The van der Waals surface area contributed by atoms with Gasteiger partial charge in [0.15, 0.2) is 0 Å². The minimum absolute atomic E-state index is 0.332. The summed E-state index contributed by atoms with van der Waals surface area (Å²) in [6, 6.07) is 10.8. The molecule has 4 nitrogen and oxygen atoms in total. The van der Waals surface area contributed by atoms with Gasteiger partial charge in [0, 0.05) is 25.5 Å². The molecule has 0 unspecified atom stereocenters. The molecular formula is C15H18N2O2S. The van der Waals surface area contributed by atoms with Gasteiger partial charge in [-0.1, -0.05) is 26.0 Å². The van der Waals surface area contributed by atoms with Crippen molar-refractivity contribution in [1.82, 2.24) is 9.29 Å². The molecule has 0 aliphatic heterocycles. The smallest absolute Gasteiger partial charge is 0.243 e. The first-order valence-electron chi connectivity index (χ1n) is 6.60. The quantitative estimate of drug-likeness (QED) is 0.851. The fourth-order valence-corrected chi connectivity index (χ4v) is 3.53. The molecule has 0 spiro atoms. The lowest BCUT2D eigenvalue weighted by molar-refractivity contribution is 0.445. The predicted molar refractivity (Wildman–Crippen MR) is 79.8 cm³/mol. The second kappa shape index (κ2) is 6.15. The molecule has 0 bridgehead atoms. The fourth-order valence-electron chi connectivity index (χ4n) is 2.08. The molecule has 5 heteroatoms. The third-order valence-electron chi connectivity index (χ3n) is 3.21. The van der Waals surface area contributed by atoms with Gasteiger partial charge in [-0.25, -0.2) is 8.42 Å². The van der Waals surface area contributed by atoms with E-state index in [1.54, 1.807) is 24.5 Å². The summed E-state index contributed by atoms with van der Waals surface area (Å²) in [5.41, 5.74) is 2.00. The highest BCUT2D eigenvalue weighted by atomic mass is 32.2. The molecule has 0 radical (unpaired) electrons. The maximum atomic E-state index is 12.4. The van der Waals surface area contributed by atoms with Crippen LogP contribution in [-0.4, -0.2) is 30.8 Å². The lowest BCUT2D eigenvalue weighted by Crippen LogP contribution is -2.30. The Morgan fingerprint density at radius 1 is 0.900 bits per heavy atom. The van der Waals surface area contributed by atoms with E-state index in [-0.39, 0.29) is 0 Å². The summed E-state index contributed by atoms with van der Waals surface area (Å²) in [6.07, 6.45) is 3.44. The first kappa shape index (κ1) is 14.7. The number of hydrogen-bond acceptors (Lipinski definition) is 3. The number of sulfonamides is 1. The van der Waals surface area contributed by atoms with Crippen LogP contribution in [-0.2, 0) is 10.0 Å². The zero-order valence-corrected chi connectivity index (χ0v) is 12.5. The molecule has 2 rings (SSSR count). The molecule has 0 aliphatic rings. The largest absolute Gasteiger partial charge is 0.265 e. The Labute approximate surface area is 120 Å². The number of hydrogen-bond donors (Lipinski definition) is 0. The minimum Gasteiger partial charge on any atom is -0.265 e. The van der Waals surface area contributed by atoms with Gasteiger partial charge in [-0.3, -0.25) is 4.98 Å². The maximum absolute atomic E-state index is 12.4. The van der Waals surface area contributed by atoms with Crippen molar-refractivity contribution in [2.45, 2.75) is 18.7 Å². The molecule has 106 valence electrons. The van der Waals surface area contributed by atoms with E-state index in [1.165, 1.54) is 4.31 Å². The van der Waals surface area contributed by atoms with Crippen molar-refractivity contribution < 1.29 is 8.42 Å². The van der Waals surface area contributed by atoms with E-state index in [1.807, 2.05) is 38.1 Å². The molecule has 0 atom stereocenters. The highest BCUT2D eigenvalue weighted by molar-refractivity contribution is 7.89. The van der Waals surface area contributed by atoms with E-state index in [0.29, 0.717) is 18.0 Å². The minimum atomic E-state index is -3.38. The van der Waals surface area contributed by atoms with Crippen LogP contribution in [0.2, 0.25) is 0 Å². The number of aromatic nitrogens is 1. The van der Waals surface area contributed by atoms with Crippen LogP contribution in [0.4, 0.5) is 0 Å². The third kappa shape index (κ3) is 2.89. The number of pyridine rings is 1. The number of rotatable bonds is 5. The Morgan fingerprint density at radius 3 is 1.90 bits per heavy atom. The Morgan fingerprint density at radius 2 is 1.40 bits per heavy atom. The van der Waals surface area contributed by atoms with Crippen LogP contribution in [0.3, 0.4) is 0 Å². The van der Waals surface area contributed by atoms with Crippen LogP contribution in [0, 0.1) is 0 Å². The van der Waals surface area contributed by atoms with Crippen molar-refractivity contribution in [2.75, 3.05) is 13.1 Å². The molecule has 0 fully saturated rings. The normalized spacial score (nSPS) is 11.8. The standard InChI is InChI=1S/C15H18N2O2S/c1-3-17(4-2)20(18,19)15-7-5-13(6-8-15)14-9-11-16-12-10-14/h5-12H,3-4H2,1-2H3. The maximum Gasteiger partial charge on any atom is 0.243 e. The van der Waals surface area contributed by atoms with Crippen LogP contribution >= 0.6 is 0 Å². The summed E-state index contributed by atoms with van der Waals surface area (Å²) in [4.78, 5) is 4.30. The van der Waals surface area contributed by atoms with E-state index in [0.717, 1.165) is 11.1 Å². The van der Waals surface area contributed by atoms with Crippen LogP contribution in [0.5, 0.6) is 0 Å². The number of nitrogens with zero attached hydrogens (tertiary/aromatic N) is 2. The van der Waals surface area contributed by atoms with Gasteiger partial charge in [0.25, 0.3) is 0 Å². The van der Waals surface area contributed by atoms with Crippen molar-refractivity contribution in [3.05, 3.63) is 48.8 Å². The molecule has 0 saturated carbocycles. The molecule has 0 aliphatic carbocycles. The fraction of sp³-hybridized carbons (Fsp3) is 0.267. The second-order valence-corrected chi connectivity index (χ2v) is 6.29. The van der Waals surface area contributed by atoms with Gasteiger partial charge in [0.1, 0.15) is 0 Å². The van der Waals surface area contributed by atoms with E-state index in [2.05, 4.69) is 4.98 Å². The molecule has 0 amide bonds. The van der Waals surface area contributed by atoms with Gasteiger partial charge >= 0.3 is 0 Å². The first-order valence-corrected chi connectivity index (χ1v) is 8.04. The van der Waals surface area contributed by atoms with E-state index < -0.39 is 10.0 Å². The molecule has 0 saturated heterocycles. The molecule has 0 N–H and O–H groups in total. The molecule has 20 heavy (non-hydrogen) atoms. The van der Waals surface area contributed by atoms with E-state index in [4.69, 9.17) is 0 Å². The summed E-state index contributed by atoms with van der Waals surface area (Å²) in [6.45, 7) is 4.63. The van der Waals surface area contributed by atoms with E-state index >= 15 is 0 Å². The van der Waals surface area contributed by atoms with Gasteiger partial charge in [-0.15, -0.1) is 0 Å². The summed E-state index contributed by atoms with van der Waals surface area (Å²) in [7, 11) is -3.38. The summed E-state index contributed by atoms with van der Waals surface area (Å²) in [5, 5.41) is 0. The Bertz CT molecular complexity index is 648. The van der Waals surface area contributed by atoms with Gasteiger partial charge in [0.05, 0.1) is 4.90 Å². The molecule has 1 heterocycles. The van der Waals surface area contributed by atoms with Crippen molar-refractivity contribution in [3.8, 4) is 11.1 Å². The molecule has 1 aromatic heterocycles. The Kier molecular flexibility index (Phi) is 4.52. The predicted octanol–water partition coefficient (Wildman–Crippen LogP) is 2.78. The lowest BCUT2D eigenvalue weighted by Gasteiger charge is -2.18. The first-order chi connectivity index (χ1) is 9.59. The second-order valence-electron chi connectivity index (χ2n) is 4.35. The van der Waals surface area contributed by atoms with E-state index in [9.17, 15) is 8.42 Å². The van der Waals surface area contributed by atoms with Crippen molar-refractivity contribution in [2.24, 2.45) is 0 Å². The summed E-state index contributed by atoms with van der Waals surface area (Å²) >= 11 is 0. The van der Waals surface area contributed by atoms with Crippen LogP contribution in [0.15, 0.2) is 53.7 Å². The van der Waals surface area contributed by atoms with Crippen LogP contribution in [0.25, 0.3) is 11.1 Å². The molecule has 2 aromatic rings. The summed E-state index contributed by atoms with van der Waals surface area (Å²) < 4.78 is 26.2. The Balaban J connectivity index is 2.34. The SMILES string of the molecule is CCN(CC)S(=O)(=O)c1ccc(-c2ccncc2)cc1. The zero-order chi connectivity index (χ0) is 14.6. The van der Waals surface area contributed by atoms with Crippen LogP contribution in [0.1, 0.15) is 13.8 Å². The van der Waals surface area contributed by atoms with Crippen molar-refractivity contribution >= 4 is 10.0 Å². The van der Waals surface area contributed by atoms with Crippen molar-refractivity contribution in [1.29, 1.82) is 0 Å². The molecular weight excluding hydrogens is 272 g/mol. The van der Waals surface area contributed by atoms with Gasteiger partial charge in [-0.2, -0.15) is 4.31 Å². The van der Waals surface area contributed by atoms with Gasteiger partial charge in [0.2, 0.25) is 10.0 Å².